The van der Waals surface area contributed by atoms with E-state index in [1.165, 1.54) is 32.1 Å². The zero-order valence-corrected chi connectivity index (χ0v) is 12.4. The van der Waals surface area contributed by atoms with Crippen molar-refractivity contribution in [2.24, 2.45) is 11.7 Å². The van der Waals surface area contributed by atoms with Crippen LogP contribution in [0, 0.1) is 5.92 Å². The summed E-state index contributed by atoms with van der Waals surface area (Å²) in [5.41, 5.74) is 5.84. The number of nitrogens with two attached hydrogens (primary N) is 1. The highest BCUT2D eigenvalue weighted by Crippen LogP contribution is 2.29. The van der Waals surface area contributed by atoms with Crippen LogP contribution in [-0.4, -0.2) is 42.5 Å². The molecule has 0 aromatic heterocycles. The molecule has 0 bridgehead atoms. The molecule has 3 N–H and O–H groups in total. The Balaban J connectivity index is 1.86. The smallest absolute Gasteiger partial charge is 0.237 e. The van der Waals surface area contributed by atoms with Crippen molar-refractivity contribution in [1.82, 2.24) is 10.2 Å². The first-order valence-electron chi connectivity index (χ1n) is 7.86. The number of hydrogen-bond acceptors (Lipinski definition) is 3. The predicted molar refractivity (Wildman–Crippen MR) is 77.8 cm³/mol. The summed E-state index contributed by atoms with van der Waals surface area (Å²) in [4.78, 5) is 14.6. The second-order valence-corrected chi connectivity index (χ2v) is 6.33. The summed E-state index contributed by atoms with van der Waals surface area (Å²) in [5.74, 6) is 0.754. The van der Waals surface area contributed by atoms with Crippen LogP contribution in [-0.2, 0) is 4.79 Å². The van der Waals surface area contributed by atoms with Crippen molar-refractivity contribution >= 4 is 5.91 Å². The Labute approximate surface area is 117 Å². The van der Waals surface area contributed by atoms with Crippen LogP contribution in [0.15, 0.2) is 0 Å². The van der Waals surface area contributed by atoms with E-state index in [-0.39, 0.29) is 11.9 Å². The maximum atomic E-state index is 12.3. The minimum atomic E-state index is -0.0438. The molecule has 110 valence electrons. The zero-order chi connectivity index (χ0) is 13.8. The van der Waals surface area contributed by atoms with Gasteiger partial charge >= 0.3 is 0 Å². The Kier molecular flexibility index (Phi) is 5.22. The summed E-state index contributed by atoms with van der Waals surface area (Å²) in [5, 5.41) is 3.20. The molecule has 0 radical (unpaired) electrons. The Hall–Kier alpha value is -0.610. The van der Waals surface area contributed by atoms with Crippen LogP contribution in [0.5, 0.6) is 0 Å². The molecule has 4 heteroatoms. The maximum Gasteiger partial charge on any atom is 0.237 e. The van der Waals surface area contributed by atoms with E-state index >= 15 is 0 Å². The van der Waals surface area contributed by atoms with Crippen LogP contribution in [0.2, 0.25) is 0 Å². The van der Waals surface area contributed by atoms with Gasteiger partial charge in [-0.25, -0.2) is 0 Å². The van der Waals surface area contributed by atoms with Gasteiger partial charge in [-0.15, -0.1) is 0 Å². The number of hydrogen-bond donors (Lipinski definition) is 2. The van der Waals surface area contributed by atoms with Gasteiger partial charge in [0.15, 0.2) is 0 Å². The number of nitrogens with zero attached hydrogens (tertiary/aromatic N) is 1. The fourth-order valence-electron chi connectivity index (χ4n) is 3.69. The fourth-order valence-corrected chi connectivity index (χ4v) is 3.69. The molecule has 2 saturated carbocycles. The lowest BCUT2D eigenvalue weighted by molar-refractivity contribution is -0.127. The number of carbonyl (C=O) groups excluding carboxylic acids is 1. The second kappa shape index (κ2) is 6.71. The van der Waals surface area contributed by atoms with Crippen molar-refractivity contribution in [2.75, 3.05) is 13.6 Å². The summed E-state index contributed by atoms with van der Waals surface area (Å²) < 4.78 is 0. The van der Waals surface area contributed by atoms with Gasteiger partial charge < -0.3 is 11.1 Å². The average molecular weight is 267 g/mol. The lowest BCUT2D eigenvalue weighted by Gasteiger charge is -2.33. The van der Waals surface area contributed by atoms with Crippen molar-refractivity contribution in [3.05, 3.63) is 0 Å². The largest absolute Gasteiger partial charge is 0.352 e. The minimum absolute atomic E-state index is 0.0438. The summed E-state index contributed by atoms with van der Waals surface area (Å²) in [7, 11) is 2.08. The standard InChI is InChI=1S/C15H29N3O/c1-11(15(19)17-13-7-3-4-8-13)18(2)14-9-5-6-12(14)10-16/h11-14H,3-10,16H2,1-2H3,(H,17,19). The van der Waals surface area contributed by atoms with Crippen molar-refractivity contribution in [1.29, 1.82) is 0 Å². The van der Waals surface area contributed by atoms with Gasteiger partial charge in [-0.2, -0.15) is 0 Å². The molecule has 4 nitrogen and oxygen atoms in total. The quantitative estimate of drug-likeness (QED) is 0.793. The van der Waals surface area contributed by atoms with Gasteiger partial charge in [0.2, 0.25) is 5.91 Å². The normalized spacial score (nSPS) is 29.9. The monoisotopic (exact) mass is 267 g/mol. The first-order chi connectivity index (χ1) is 9.13. The molecule has 2 fully saturated rings. The molecule has 0 aliphatic heterocycles. The van der Waals surface area contributed by atoms with E-state index < -0.39 is 0 Å². The number of carbonyl (C=O) groups is 1. The summed E-state index contributed by atoms with van der Waals surface area (Å²) in [6, 6.07) is 0.851. The molecule has 19 heavy (non-hydrogen) atoms. The van der Waals surface area contributed by atoms with Crippen LogP contribution in [0.1, 0.15) is 51.9 Å². The van der Waals surface area contributed by atoms with Crippen LogP contribution < -0.4 is 11.1 Å². The van der Waals surface area contributed by atoms with E-state index in [1.54, 1.807) is 0 Å². The third-order valence-electron chi connectivity index (χ3n) is 5.14. The topological polar surface area (TPSA) is 58.4 Å². The third kappa shape index (κ3) is 3.48. The highest BCUT2D eigenvalue weighted by Gasteiger charge is 2.34. The summed E-state index contributed by atoms with van der Waals surface area (Å²) in [6.07, 6.45) is 8.45. The minimum Gasteiger partial charge on any atom is -0.352 e. The van der Waals surface area contributed by atoms with Gasteiger partial charge in [-0.1, -0.05) is 19.3 Å². The van der Waals surface area contributed by atoms with E-state index in [9.17, 15) is 4.79 Å². The fraction of sp³-hybridized carbons (Fsp3) is 0.933. The molecular weight excluding hydrogens is 238 g/mol. The second-order valence-electron chi connectivity index (χ2n) is 6.33. The van der Waals surface area contributed by atoms with E-state index in [0.717, 1.165) is 19.4 Å². The Morgan fingerprint density at radius 2 is 1.95 bits per heavy atom. The van der Waals surface area contributed by atoms with Crippen molar-refractivity contribution in [3.8, 4) is 0 Å². The number of rotatable bonds is 5. The maximum absolute atomic E-state index is 12.3. The molecule has 2 aliphatic carbocycles. The highest BCUT2D eigenvalue weighted by atomic mass is 16.2. The van der Waals surface area contributed by atoms with Crippen molar-refractivity contribution < 1.29 is 4.79 Å². The Morgan fingerprint density at radius 3 is 2.58 bits per heavy atom. The van der Waals surface area contributed by atoms with Crippen LogP contribution in [0.3, 0.4) is 0 Å². The molecule has 0 aromatic carbocycles. The van der Waals surface area contributed by atoms with Crippen molar-refractivity contribution in [2.45, 2.75) is 70.0 Å². The van der Waals surface area contributed by atoms with Gasteiger partial charge in [-0.3, -0.25) is 9.69 Å². The number of likely N-dealkylation sites (N-methyl/N-ethyl adjacent to an activating group) is 1. The number of amides is 1. The summed E-state index contributed by atoms with van der Waals surface area (Å²) >= 11 is 0. The molecule has 0 aromatic rings. The Bertz CT molecular complexity index is 302. The molecule has 0 spiro atoms. The zero-order valence-electron chi connectivity index (χ0n) is 12.4. The van der Waals surface area contributed by atoms with Crippen LogP contribution >= 0.6 is 0 Å². The van der Waals surface area contributed by atoms with Crippen LogP contribution in [0.25, 0.3) is 0 Å². The molecule has 0 saturated heterocycles. The van der Waals surface area contributed by atoms with Gasteiger partial charge in [0.05, 0.1) is 6.04 Å². The van der Waals surface area contributed by atoms with Gasteiger partial charge in [0.1, 0.15) is 0 Å². The Morgan fingerprint density at radius 1 is 1.26 bits per heavy atom. The van der Waals surface area contributed by atoms with E-state index in [0.29, 0.717) is 18.0 Å². The molecular formula is C15H29N3O. The van der Waals surface area contributed by atoms with E-state index in [4.69, 9.17) is 5.73 Å². The lowest BCUT2D eigenvalue weighted by atomic mass is 10.0. The van der Waals surface area contributed by atoms with E-state index in [1.807, 2.05) is 6.92 Å². The molecule has 1 amide bonds. The first-order valence-corrected chi connectivity index (χ1v) is 7.86. The summed E-state index contributed by atoms with van der Waals surface area (Å²) in [6.45, 7) is 2.77. The predicted octanol–water partition coefficient (Wildman–Crippen LogP) is 1.49. The molecule has 3 unspecified atom stereocenters. The van der Waals surface area contributed by atoms with Crippen LogP contribution in [0.4, 0.5) is 0 Å². The molecule has 0 heterocycles. The molecule has 3 atom stereocenters. The molecule has 2 rings (SSSR count). The third-order valence-corrected chi connectivity index (χ3v) is 5.14. The van der Waals surface area contributed by atoms with E-state index in [2.05, 4.69) is 17.3 Å². The SMILES string of the molecule is CC(C(=O)NC1CCCC1)N(C)C1CCCC1CN. The number of nitrogens with one attached hydrogen (secondary N) is 1. The van der Waals surface area contributed by atoms with Gasteiger partial charge in [-0.05, 0) is 52.1 Å². The highest BCUT2D eigenvalue weighted by molar-refractivity contribution is 5.81. The van der Waals surface area contributed by atoms with Crippen molar-refractivity contribution in [3.63, 3.8) is 0 Å². The van der Waals surface area contributed by atoms with Gasteiger partial charge in [0.25, 0.3) is 0 Å². The first kappa shape index (κ1) is 14.8. The van der Waals surface area contributed by atoms with Gasteiger partial charge in [0, 0.05) is 12.1 Å². The lowest BCUT2D eigenvalue weighted by Crippen LogP contribution is -2.51. The average Bonchev–Trinajstić information content (AvgIpc) is 3.07. The molecule has 2 aliphatic rings.